The van der Waals surface area contributed by atoms with E-state index < -0.39 is 0 Å². The molecule has 1 aromatic heterocycles. The van der Waals surface area contributed by atoms with Gasteiger partial charge in [-0.05, 0) is 24.0 Å². The minimum absolute atomic E-state index is 0.279. The van der Waals surface area contributed by atoms with Gasteiger partial charge in [-0.25, -0.2) is 4.39 Å². The fourth-order valence-corrected chi connectivity index (χ4v) is 1.72. The fraction of sp³-hybridized carbons (Fsp3) is 0.545. The summed E-state index contributed by atoms with van der Waals surface area (Å²) in [4.78, 5) is 3.79. The molecule has 1 fully saturated rings. The van der Waals surface area contributed by atoms with Crippen molar-refractivity contribution >= 4 is 0 Å². The van der Waals surface area contributed by atoms with Crippen molar-refractivity contribution < 1.29 is 9.13 Å². The average Bonchev–Trinajstić information content (AvgIpc) is 2.71. The molecule has 1 saturated heterocycles. The molecule has 0 amide bonds. The van der Waals surface area contributed by atoms with Gasteiger partial charge in [0.2, 0.25) is 0 Å². The summed E-state index contributed by atoms with van der Waals surface area (Å²) >= 11 is 0. The lowest BCUT2D eigenvalue weighted by Crippen LogP contribution is -2.22. The molecule has 0 aliphatic carbocycles. The van der Waals surface area contributed by atoms with Crippen LogP contribution in [-0.2, 0) is 11.3 Å². The highest BCUT2D eigenvalue weighted by molar-refractivity contribution is 5.09. The molecule has 2 rings (SSSR count). The molecule has 4 heteroatoms. The van der Waals surface area contributed by atoms with Gasteiger partial charge in [0.25, 0.3) is 0 Å². The van der Waals surface area contributed by atoms with Gasteiger partial charge in [0, 0.05) is 25.9 Å². The number of aromatic nitrogens is 1. The van der Waals surface area contributed by atoms with Gasteiger partial charge in [0.1, 0.15) is 5.82 Å². The van der Waals surface area contributed by atoms with Crippen LogP contribution in [0.2, 0.25) is 0 Å². The average molecular weight is 210 g/mol. The SMILES string of the molecule is Fc1cncc(CNCC2CCOC2)c1. The van der Waals surface area contributed by atoms with Crippen LogP contribution in [0.3, 0.4) is 0 Å². The third kappa shape index (κ3) is 3.25. The van der Waals surface area contributed by atoms with E-state index in [0.29, 0.717) is 12.5 Å². The number of halogens is 1. The fourth-order valence-electron chi connectivity index (χ4n) is 1.72. The van der Waals surface area contributed by atoms with Crippen LogP contribution in [-0.4, -0.2) is 24.7 Å². The Morgan fingerprint density at radius 1 is 1.53 bits per heavy atom. The summed E-state index contributed by atoms with van der Waals surface area (Å²) in [6.07, 6.45) is 4.02. The molecule has 1 N–H and O–H groups in total. The van der Waals surface area contributed by atoms with E-state index in [9.17, 15) is 4.39 Å². The van der Waals surface area contributed by atoms with Gasteiger partial charge < -0.3 is 10.1 Å². The minimum atomic E-state index is -0.279. The van der Waals surface area contributed by atoms with Gasteiger partial charge >= 0.3 is 0 Å². The standard InChI is InChI=1S/C11H15FN2O/c12-11-3-10(6-14-7-11)5-13-4-9-1-2-15-8-9/h3,6-7,9,13H,1-2,4-5,8H2. The Hall–Kier alpha value is -1.00. The highest BCUT2D eigenvalue weighted by atomic mass is 19.1. The quantitative estimate of drug-likeness (QED) is 0.814. The second-order valence-electron chi connectivity index (χ2n) is 3.87. The summed E-state index contributed by atoms with van der Waals surface area (Å²) in [6.45, 7) is 3.31. The molecule has 1 atom stereocenters. The lowest BCUT2D eigenvalue weighted by atomic mass is 10.1. The van der Waals surface area contributed by atoms with Crippen molar-refractivity contribution in [1.29, 1.82) is 0 Å². The van der Waals surface area contributed by atoms with Crippen LogP contribution in [0.4, 0.5) is 4.39 Å². The molecular weight excluding hydrogens is 195 g/mol. The van der Waals surface area contributed by atoms with Crippen molar-refractivity contribution in [1.82, 2.24) is 10.3 Å². The van der Waals surface area contributed by atoms with Gasteiger partial charge in [-0.3, -0.25) is 4.98 Å². The number of nitrogens with one attached hydrogen (secondary N) is 1. The number of ether oxygens (including phenoxy) is 1. The zero-order valence-electron chi connectivity index (χ0n) is 8.58. The Morgan fingerprint density at radius 2 is 2.47 bits per heavy atom. The van der Waals surface area contributed by atoms with Crippen LogP contribution in [0.15, 0.2) is 18.5 Å². The van der Waals surface area contributed by atoms with Crippen LogP contribution >= 0.6 is 0 Å². The Kier molecular flexibility index (Phi) is 3.64. The van der Waals surface area contributed by atoms with E-state index in [-0.39, 0.29) is 5.82 Å². The molecule has 2 heterocycles. The van der Waals surface area contributed by atoms with Gasteiger partial charge in [-0.2, -0.15) is 0 Å². The van der Waals surface area contributed by atoms with Crippen molar-refractivity contribution in [3.8, 4) is 0 Å². The highest BCUT2D eigenvalue weighted by Gasteiger charge is 2.14. The zero-order chi connectivity index (χ0) is 10.5. The number of hydrogen-bond acceptors (Lipinski definition) is 3. The topological polar surface area (TPSA) is 34.2 Å². The van der Waals surface area contributed by atoms with E-state index in [1.807, 2.05) is 0 Å². The molecule has 1 aliphatic rings. The summed E-state index contributed by atoms with van der Waals surface area (Å²) in [7, 11) is 0. The molecular formula is C11H15FN2O. The second-order valence-corrected chi connectivity index (χ2v) is 3.87. The maximum atomic E-state index is 12.8. The summed E-state index contributed by atoms with van der Waals surface area (Å²) in [5.74, 6) is 0.324. The number of hydrogen-bond donors (Lipinski definition) is 1. The summed E-state index contributed by atoms with van der Waals surface area (Å²) in [5, 5.41) is 3.28. The Labute approximate surface area is 88.7 Å². The Morgan fingerprint density at radius 3 is 3.20 bits per heavy atom. The number of nitrogens with zero attached hydrogens (tertiary/aromatic N) is 1. The number of rotatable bonds is 4. The molecule has 15 heavy (non-hydrogen) atoms. The van der Waals surface area contributed by atoms with E-state index in [0.717, 1.165) is 31.7 Å². The largest absolute Gasteiger partial charge is 0.381 e. The smallest absolute Gasteiger partial charge is 0.141 e. The zero-order valence-corrected chi connectivity index (χ0v) is 8.58. The molecule has 1 unspecified atom stereocenters. The molecule has 82 valence electrons. The van der Waals surface area contributed by atoms with Gasteiger partial charge in [0.05, 0.1) is 12.8 Å². The van der Waals surface area contributed by atoms with Crippen LogP contribution in [0.25, 0.3) is 0 Å². The predicted molar refractivity (Wildman–Crippen MR) is 54.8 cm³/mol. The molecule has 1 aliphatic heterocycles. The monoisotopic (exact) mass is 210 g/mol. The van der Waals surface area contributed by atoms with Crippen LogP contribution < -0.4 is 5.32 Å². The Balaban J connectivity index is 1.73. The highest BCUT2D eigenvalue weighted by Crippen LogP contribution is 2.10. The predicted octanol–water partition coefficient (Wildman–Crippen LogP) is 1.35. The third-order valence-corrected chi connectivity index (χ3v) is 2.55. The maximum Gasteiger partial charge on any atom is 0.141 e. The van der Waals surface area contributed by atoms with Crippen molar-refractivity contribution in [3.63, 3.8) is 0 Å². The number of pyridine rings is 1. The van der Waals surface area contributed by atoms with E-state index >= 15 is 0 Å². The van der Waals surface area contributed by atoms with Crippen molar-refractivity contribution in [2.45, 2.75) is 13.0 Å². The summed E-state index contributed by atoms with van der Waals surface area (Å²) < 4.78 is 18.1. The lowest BCUT2D eigenvalue weighted by molar-refractivity contribution is 0.185. The first kappa shape index (κ1) is 10.5. The molecule has 0 saturated carbocycles. The molecule has 0 aromatic carbocycles. The molecule has 0 radical (unpaired) electrons. The second kappa shape index (κ2) is 5.19. The Bertz CT molecular complexity index is 313. The summed E-state index contributed by atoms with van der Waals surface area (Å²) in [5.41, 5.74) is 0.883. The molecule has 0 spiro atoms. The molecule has 1 aromatic rings. The first-order valence-corrected chi connectivity index (χ1v) is 5.22. The van der Waals surface area contributed by atoms with Crippen LogP contribution in [0.5, 0.6) is 0 Å². The van der Waals surface area contributed by atoms with Gasteiger partial charge in [-0.15, -0.1) is 0 Å². The van der Waals surface area contributed by atoms with Gasteiger partial charge in [-0.1, -0.05) is 0 Å². The van der Waals surface area contributed by atoms with Crippen LogP contribution in [0, 0.1) is 11.7 Å². The van der Waals surface area contributed by atoms with E-state index in [1.54, 1.807) is 6.20 Å². The van der Waals surface area contributed by atoms with Crippen LogP contribution in [0.1, 0.15) is 12.0 Å². The first-order valence-electron chi connectivity index (χ1n) is 5.22. The molecule has 0 bridgehead atoms. The van der Waals surface area contributed by atoms with Crippen molar-refractivity contribution in [3.05, 3.63) is 29.8 Å². The summed E-state index contributed by atoms with van der Waals surface area (Å²) in [6, 6.07) is 1.51. The van der Waals surface area contributed by atoms with Crippen molar-refractivity contribution in [2.24, 2.45) is 5.92 Å². The molecule has 3 nitrogen and oxygen atoms in total. The third-order valence-electron chi connectivity index (χ3n) is 2.55. The maximum absolute atomic E-state index is 12.8. The van der Waals surface area contributed by atoms with Gasteiger partial charge in [0.15, 0.2) is 0 Å². The minimum Gasteiger partial charge on any atom is -0.381 e. The van der Waals surface area contributed by atoms with Crippen molar-refractivity contribution in [2.75, 3.05) is 19.8 Å². The van der Waals surface area contributed by atoms with E-state index in [4.69, 9.17) is 4.74 Å². The normalized spacial score (nSPS) is 20.7. The first-order chi connectivity index (χ1) is 7.34. The lowest BCUT2D eigenvalue weighted by Gasteiger charge is -2.08. The van der Waals surface area contributed by atoms with E-state index in [2.05, 4.69) is 10.3 Å². The van der Waals surface area contributed by atoms with E-state index in [1.165, 1.54) is 12.3 Å².